The highest BCUT2D eigenvalue weighted by Gasteiger charge is 2.12. The van der Waals surface area contributed by atoms with Gasteiger partial charge in [0.25, 0.3) is 5.91 Å². The summed E-state index contributed by atoms with van der Waals surface area (Å²) in [4.78, 5) is 12.4. The van der Waals surface area contributed by atoms with Gasteiger partial charge >= 0.3 is 0 Å². The van der Waals surface area contributed by atoms with Crippen molar-refractivity contribution in [2.45, 2.75) is 20.8 Å². The van der Waals surface area contributed by atoms with Gasteiger partial charge in [-0.05, 0) is 78.7 Å². The van der Waals surface area contributed by atoms with Gasteiger partial charge in [-0.3, -0.25) is 4.79 Å². The van der Waals surface area contributed by atoms with E-state index < -0.39 is 0 Å². The second kappa shape index (κ2) is 6.72. The minimum absolute atomic E-state index is 0.0445. The normalized spacial score (nSPS) is 10.7. The van der Waals surface area contributed by atoms with Gasteiger partial charge < -0.3 is 10.4 Å². The Balaban J connectivity index is 1.83. The number of halogens is 1. The van der Waals surface area contributed by atoms with Crippen LogP contribution in [0.5, 0.6) is 5.75 Å². The number of aryl methyl sites for hydroxylation is 2. The Morgan fingerprint density at radius 1 is 1.12 bits per heavy atom. The lowest BCUT2D eigenvalue weighted by Gasteiger charge is -2.09. The molecule has 0 aliphatic heterocycles. The predicted molar refractivity (Wildman–Crippen MR) is 102 cm³/mol. The third-order valence-electron chi connectivity index (χ3n) is 3.98. The number of nitrogens with one attached hydrogen (secondary N) is 1. The zero-order valence-electron chi connectivity index (χ0n) is 14.2. The van der Waals surface area contributed by atoms with Crippen LogP contribution in [0.2, 0.25) is 0 Å². The number of anilines is 1. The zero-order chi connectivity index (χ0) is 18.1. The smallest absolute Gasteiger partial charge is 0.255 e. The largest absolute Gasteiger partial charge is 0.506 e. The maximum atomic E-state index is 12.4. The monoisotopic (exact) mass is 399 g/mol. The van der Waals surface area contributed by atoms with Crippen molar-refractivity contribution in [3.63, 3.8) is 0 Å². The summed E-state index contributed by atoms with van der Waals surface area (Å²) in [6.45, 7) is 5.81. The van der Waals surface area contributed by atoms with E-state index in [9.17, 15) is 9.90 Å². The molecule has 0 aliphatic rings. The molecule has 0 atom stereocenters. The number of benzene rings is 2. The van der Waals surface area contributed by atoms with Crippen molar-refractivity contribution in [3.8, 4) is 11.4 Å². The van der Waals surface area contributed by atoms with Gasteiger partial charge in [0.15, 0.2) is 0 Å². The molecule has 1 heterocycles. The number of hydrogen-bond donors (Lipinski definition) is 2. The van der Waals surface area contributed by atoms with E-state index in [2.05, 4.69) is 26.3 Å². The van der Waals surface area contributed by atoms with Crippen LogP contribution in [-0.2, 0) is 0 Å². The molecule has 0 fully saturated rings. The van der Waals surface area contributed by atoms with Crippen molar-refractivity contribution in [1.82, 2.24) is 9.78 Å². The average Bonchev–Trinajstić information content (AvgIpc) is 2.86. The number of hydrogen-bond acceptors (Lipinski definition) is 3. The van der Waals surface area contributed by atoms with Crippen LogP contribution < -0.4 is 5.32 Å². The molecule has 3 rings (SSSR count). The number of phenolic OH excluding ortho intramolecular Hbond substituents is 1. The Morgan fingerprint density at radius 2 is 1.80 bits per heavy atom. The van der Waals surface area contributed by atoms with Crippen LogP contribution in [-0.4, -0.2) is 20.8 Å². The molecular formula is C19H18BrN3O2. The van der Waals surface area contributed by atoms with E-state index in [4.69, 9.17) is 0 Å². The van der Waals surface area contributed by atoms with Crippen LogP contribution in [0.4, 0.5) is 5.69 Å². The number of rotatable bonds is 3. The molecule has 3 aromatic rings. The topological polar surface area (TPSA) is 67.2 Å². The fraction of sp³-hybridized carbons (Fsp3) is 0.158. The van der Waals surface area contributed by atoms with Crippen molar-refractivity contribution >= 4 is 27.5 Å². The van der Waals surface area contributed by atoms with Crippen LogP contribution in [0.15, 0.2) is 46.9 Å². The van der Waals surface area contributed by atoms with Crippen molar-refractivity contribution in [2.75, 3.05) is 5.32 Å². The molecule has 1 aromatic heterocycles. The lowest BCUT2D eigenvalue weighted by Crippen LogP contribution is -2.12. The van der Waals surface area contributed by atoms with E-state index in [0.717, 1.165) is 27.1 Å². The fourth-order valence-electron chi connectivity index (χ4n) is 2.57. The molecule has 25 heavy (non-hydrogen) atoms. The minimum atomic E-state index is -0.276. The van der Waals surface area contributed by atoms with Gasteiger partial charge in [-0.2, -0.15) is 5.10 Å². The van der Waals surface area contributed by atoms with Crippen LogP contribution in [0, 0.1) is 20.8 Å². The van der Waals surface area contributed by atoms with Gasteiger partial charge in [-0.25, -0.2) is 4.68 Å². The van der Waals surface area contributed by atoms with Gasteiger partial charge in [-0.1, -0.05) is 6.07 Å². The Hall–Kier alpha value is -2.60. The van der Waals surface area contributed by atoms with Crippen molar-refractivity contribution in [2.24, 2.45) is 0 Å². The maximum Gasteiger partial charge on any atom is 0.255 e. The van der Waals surface area contributed by atoms with Gasteiger partial charge in [0.2, 0.25) is 0 Å². The molecule has 0 radical (unpaired) electrons. The number of phenols is 1. The molecule has 0 saturated heterocycles. The van der Waals surface area contributed by atoms with Gasteiger partial charge in [0, 0.05) is 5.56 Å². The van der Waals surface area contributed by atoms with E-state index in [1.165, 1.54) is 0 Å². The number of carbonyl (C=O) groups is 1. The first-order valence-electron chi connectivity index (χ1n) is 7.80. The minimum Gasteiger partial charge on any atom is -0.506 e. The van der Waals surface area contributed by atoms with Crippen LogP contribution in [0.1, 0.15) is 27.3 Å². The Labute approximate surface area is 154 Å². The molecule has 0 bridgehead atoms. The van der Waals surface area contributed by atoms with Gasteiger partial charge in [-0.15, -0.1) is 0 Å². The number of aromatic hydroxyl groups is 1. The lowest BCUT2D eigenvalue weighted by molar-refractivity contribution is 0.102. The highest BCUT2D eigenvalue weighted by atomic mass is 79.9. The quantitative estimate of drug-likeness (QED) is 0.636. The summed E-state index contributed by atoms with van der Waals surface area (Å²) < 4.78 is 2.80. The van der Waals surface area contributed by atoms with Gasteiger partial charge in [0.05, 0.1) is 27.2 Å². The number of amides is 1. The highest BCUT2D eigenvalue weighted by molar-refractivity contribution is 9.10. The first kappa shape index (κ1) is 17.2. The molecule has 1 amide bonds. The van der Waals surface area contributed by atoms with Crippen LogP contribution in [0.25, 0.3) is 5.69 Å². The van der Waals surface area contributed by atoms with Crippen LogP contribution >= 0.6 is 15.9 Å². The van der Waals surface area contributed by atoms with E-state index in [-0.39, 0.29) is 11.7 Å². The van der Waals surface area contributed by atoms with Crippen molar-refractivity contribution in [3.05, 3.63) is 69.5 Å². The predicted octanol–water partition coefficient (Wildman–Crippen LogP) is 4.52. The van der Waals surface area contributed by atoms with E-state index in [1.807, 2.05) is 37.6 Å². The standard InChI is InChI=1S/C19H18BrN3O2/c1-11-4-9-17(24)16(10-11)21-19(25)14-5-7-15(8-6-14)23-13(3)18(20)12(2)22-23/h4-10,24H,1-3H3,(H,21,25). The molecular weight excluding hydrogens is 382 g/mol. The summed E-state index contributed by atoms with van der Waals surface area (Å²) >= 11 is 3.51. The van der Waals surface area contributed by atoms with E-state index >= 15 is 0 Å². The maximum absolute atomic E-state index is 12.4. The second-order valence-electron chi connectivity index (χ2n) is 5.92. The van der Waals surface area contributed by atoms with Gasteiger partial charge in [0.1, 0.15) is 5.75 Å². The SMILES string of the molecule is Cc1ccc(O)c(NC(=O)c2ccc(-n3nc(C)c(Br)c3C)cc2)c1. The summed E-state index contributed by atoms with van der Waals surface area (Å²) in [7, 11) is 0. The Kier molecular flexibility index (Phi) is 4.63. The van der Waals surface area contributed by atoms with Crippen LogP contribution in [0.3, 0.4) is 0 Å². The zero-order valence-corrected chi connectivity index (χ0v) is 15.8. The summed E-state index contributed by atoms with van der Waals surface area (Å²) in [5.41, 5.74) is 4.65. The van der Waals surface area contributed by atoms with E-state index in [1.54, 1.807) is 30.3 Å². The number of aromatic nitrogens is 2. The molecule has 2 aromatic carbocycles. The van der Waals surface area contributed by atoms with Crippen molar-refractivity contribution < 1.29 is 9.90 Å². The highest BCUT2D eigenvalue weighted by Crippen LogP contribution is 2.25. The summed E-state index contributed by atoms with van der Waals surface area (Å²) in [6.07, 6.45) is 0. The average molecular weight is 400 g/mol. The summed E-state index contributed by atoms with van der Waals surface area (Å²) in [5.74, 6) is -0.231. The first-order chi connectivity index (χ1) is 11.9. The fourth-order valence-corrected chi connectivity index (χ4v) is 2.82. The molecule has 0 unspecified atom stereocenters. The third-order valence-corrected chi connectivity index (χ3v) is 5.12. The lowest BCUT2D eigenvalue weighted by atomic mass is 10.1. The third kappa shape index (κ3) is 3.44. The number of carbonyl (C=O) groups excluding carboxylic acids is 1. The molecule has 6 heteroatoms. The number of nitrogens with zero attached hydrogens (tertiary/aromatic N) is 2. The molecule has 0 spiro atoms. The molecule has 0 aliphatic carbocycles. The molecule has 0 saturated carbocycles. The first-order valence-corrected chi connectivity index (χ1v) is 8.59. The Morgan fingerprint density at radius 3 is 2.40 bits per heavy atom. The Bertz CT molecular complexity index is 946. The van der Waals surface area contributed by atoms with E-state index in [0.29, 0.717) is 11.3 Å². The molecule has 2 N–H and O–H groups in total. The molecule has 5 nitrogen and oxygen atoms in total. The summed E-state index contributed by atoms with van der Waals surface area (Å²) in [5, 5.41) is 17.1. The van der Waals surface area contributed by atoms with Crippen molar-refractivity contribution in [1.29, 1.82) is 0 Å². The second-order valence-corrected chi connectivity index (χ2v) is 6.71. The molecule has 128 valence electrons. The summed E-state index contributed by atoms with van der Waals surface area (Å²) in [6, 6.07) is 12.2.